The summed E-state index contributed by atoms with van der Waals surface area (Å²) >= 11 is 0. The SMILES string of the molecule is C=CC(=O)OCCCCCCCCCCCOc1ccc(-c2ccc(C(=O)Oc3ccc4ccc5c(c4c3)N=C[C@@]3(O5)N(C)c4ccc(OC(=O)CO[C@@H]5C[C@H](C)CC[C@H]5C(C)C)cc4C3(C)C)cc2)cc1. The lowest BCUT2D eigenvalue weighted by Gasteiger charge is -2.45. The summed E-state index contributed by atoms with van der Waals surface area (Å²) in [5, 5.41) is 1.72. The van der Waals surface area contributed by atoms with Gasteiger partial charge in [0.1, 0.15) is 35.3 Å². The van der Waals surface area contributed by atoms with Gasteiger partial charge in [-0.05, 0) is 140 Å². The Balaban J connectivity index is 0.821. The largest absolute Gasteiger partial charge is 0.494 e. The van der Waals surface area contributed by atoms with E-state index in [9.17, 15) is 14.4 Å². The molecular formula is C61H72N2O9. The summed E-state index contributed by atoms with van der Waals surface area (Å²) in [6.45, 7) is 15.4. The molecule has 1 spiro atoms. The third kappa shape index (κ3) is 11.9. The number of anilines is 1. The van der Waals surface area contributed by atoms with Gasteiger partial charge in [-0.2, -0.15) is 0 Å². The first-order valence-electron chi connectivity index (χ1n) is 26.1. The number of unbranched alkanes of at least 4 members (excludes halogenated alkanes) is 8. The molecule has 5 aromatic rings. The fourth-order valence-electron chi connectivity index (χ4n) is 10.7. The molecule has 2 heterocycles. The van der Waals surface area contributed by atoms with Crippen molar-refractivity contribution in [1.82, 2.24) is 0 Å². The molecule has 5 aromatic carbocycles. The van der Waals surface area contributed by atoms with E-state index < -0.39 is 23.1 Å². The van der Waals surface area contributed by atoms with Crippen molar-refractivity contribution in [3.8, 4) is 34.1 Å². The van der Waals surface area contributed by atoms with Crippen LogP contribution in [0.15, 0.2) is 115 Å². The maximum atomic E-state index is 13.5. The second-order valence-electron chi connectivity index (χ2n) is 20.8. The van der Waals surface area contributed by atoms with Crippen molar-refractivity contribution in [2.45, 2.75) is 129 Å². The van der Waals surface area contributed by atoms with Gasteiger partial charge in [0.15, 0.2) is 0 Å². The number of benzene rings is 5. The first kappa shape index (κ1) is 51.9. The second kappa shape index (κ2) is 23.4. The van der Waals surface area contributed by atoms with Crippen LogP contribution in [0.3, 0.4) is 0 Å². The first-order valence-corrected chi connectivity index (χ1v) is 26.1. The number of likely N-dealkylation sites (N-methyl/N-ethyl adjacent to an activating group) is 1. The van der Waals surface area contributed by atoms with Crippen molar-refractivity contribution < 1.29 is 42.8 Å². The summed E-state index contributed by atoms with van der Waals surface area (Å²) in [4.78, 5) is 44.9. The van der Waals surface area contributed by atoms with Gasteiger partial charge >= 0.3 is 17.9 Å². The van der Waals surface area contributed by atoms with E-state index in [1.165, 1.54) is 44.6 Å². The molecule has 8 rings (SSSR count). The molecule has 0 N–H and O–H groups in total. The van der Waals surface area contributed by atoms with Gasteiger partial charge < -0.3 is 33.3 Å². The molecule has 3 aliphatic rings. The van der Waals surface area contributed by atoms with E-state index in [1.807, 2.05) is 92.1 Å². The summed E-state index contributed by atoms with van der Waals surface area (Å²) in [7, 11) is 1.99. The normalized spacial score (nSPS) is 19.7. The summed E-state index contributed by atoms with van der Waals surface area (Å²) in [6.07, 6.45) is 16.6. The zero-order valence-electron chi connectivity index (χ0n) is 43.1. The highest BCUT2D eigenvalue weighted by atomic mass is 16.6. The van der Waals surface area contributed by atoms with Crippen LogP contribution in [0.1, 0.15) is 128 Å². The standard InChI is InChI=1S/C61H72N2O9/c1-8-56(64)68-35-17-15-13-11-9-10-12-14-16-34-67-47-27-23-44(24-28-47)43-19-21-46(22-20-43)59(66)71-48-29-25-45-26-33-54-58(51(45)37-48)62-40-61(72-54)60(5,6)52-38-49(30-32-53(52)63(61)7)70-57(65)39-69-55-36-42(4)18-31-50(55)41(2)3/h8,19-30,32-33,37-38,40-42,50,55H,1,9-18,31,34-36,39H2,2-7H3/t42-,50+,55-,61+/m1/s1. The predicted molar refractivity (Wildman–Crippen MR) is 285 cm³/mol. The molecule has 4 atom stereocenters. The summed E-state index contributed by atoms with van der Waals surface area (Å²) in [5.41, 5.74) is 3.41. The van der Waals surface area contributed by atoms with Gasteiger partial charge in [-0.1, -0.05) is 115 Å². The Morgan fingerprint density at radius 3 is 2.10 bits per heavy atom. The highest BCUT2D eigenvalue weighted by molar-refractivity contribution is 6.01. The number of carbonyl (C=O) groups is 3. The second-order valence-corrected chi connectivity index (χ2v) is 20.8. The monoisotopic (exact) mass is 977 g/mol. The Labute approximate surface area is 425 Å². The smallest absolute Gasteiger partial charge is 0.343 e. The van der Waals surface area contributed by atoms with E-state index in [4.69, 9.17) is 33.4 Å². The molecule has 72 heavy (non-hydrogen) atoms. The molecule has 380 valence electrons. The number of rotatable bonds is 22. The van der Waals surface area contributed by atoms with Gasteiger partial charge in [0.25, 0.3) is 0 Å². The van der Waals surface area contributed by atoms with Crippen LogP contribution in [-0.2, 0) is 24.5 Å². The molecule has 2 aliphatic heterocycles. The third-order valence-electron chi connectivity index (χ3n) is 15.1. The van der Waals surface area contributed by atoms with E-state index in [0.29, 0.717) is 59.5 Å². The van der Waals surface area contributed by atoms with Crippen molar-refractivity contribution in [2.75, 3.05) is 31.8 Å². The molecular weight excluding hydrogens is 905 g/mol. The predicted octanol–water partition coefficient (Wildman–Crippen LogP) is 13.9. The third-order valence-corrected chi connectivity index (χ3v) is 15.1. The van der Waals surface area contributed by atoms with Crippen LogP contribution in [0.2, 0.25) is 0 Å². The fraction of sp³-hybridized carbons (Fsp3) is 0.443. The van der Waals surface area contributed by atoms with E-state index >= 15 is 0 Å². The number of hydrogen-bond donors (Lipinski definition) is 0. The Morgan fingerprint density at radius 1 is 0.778 bits per heavy atom. The maximum absolute atomic E-state index is 13.5. The van der Waals surface area contributed by atoms with Crippen LogP contribution >= 0.6 is 0 Å². The number of hydrogen-bond acceptors (Lipinski definition) is 11. The van der Waals surface area contributed by atoms with Crippen LogP contribution in [0.25, 0.3) is 21.9 Å². The molecule has 1 aliphatic carbocycles. The number of carbonyl (C=O) groups excluding carboxylic acids is 3. The van der Waals surface area contributed by atoms with E-state index in [-0.39, 0.29) is 18.7 Å². The molecule has 0 radical (unpaired) electrons. The Hall–Kier alpha value is -6.46. The minimum absolute atomic E-state index is 0.0557. The molecule has 0 unspecified atom stereocenters. The van der Waals surface area contributed by atoms with E-state index in [2.05, 4.69) is 46.1 Å². The molecule has 0 amide bonds. The van der Waals surface area contributed by atoms with Gasteiger partial charge in [-0.25, -0.2) is 14.4 Å². The number of aliphatic imine (C=N–C) groups is 1. The Morgan fingerprint density at radius 2 is 1.40 bits per heavy atom. The summed E-state index contributed by atoms with van der Waals surface area (Å²) in [5.74, 6) is 2.60. The minimum Gasteiger partial charge on any atom is -0.494 e. The van der Waals surface area contributed by atoms with Gasteiger partial charge in [0.05, 0.1) is 36.5 Å². The van der Waals surface area contributed by atoms with Crippen LogP contribution in [0, 0.1) is 17.8 Å². The van der Waals surface area contributed by atoms with Gasteiger partial charge in [-0.15, -0.1) is 0 Å². The molecule has 0 aromatic heterocycles. The number of nitrogens with zero attached hydrogens (tertiary/aromatic N) is 2. The number of ether oxygens (including phenoxy) is 6. The molecule has 1 fully saturated rings. The number of fused-ring (bicyclic) bond motifs is 4. The quantitative estimate of drug-likeness (QED) is 0.0287. The van der Waals surface area contributed by atoms with Crippen molar-refractivity contribution in [3.05, 3.63) is 121 Å². The van der Waals surface area contributed by atoms with Crippen molar-refractivity contribution in [3.63, 3.8) is 0 Å². The van der Waals surface area contributed by atoms with Crippen molar-refractivity contribution in [2.24, 2.45) is 22.7 Å². The summed E-state index contributed by atoms with van der Waals surface area (Å²) in [6, 6.07) is 30.7. The fourth-order valence-corrected chi connectivity index (χ4v) is 10.7. The zero-order valence-corrected chi connectivity index (χ0v) is 43.1. The first-order chi connectivity index (χ1) is 34.8. The molecule has 0 bridgehead atoms. The maximum Gasteiger partial charge on any atom is 0.343 e. The highest BCUT2D eigenvalue weighted by Crippen LogP contribution is 2.55. The lowest BCUT2D eigenvalue weighted by molar-refractivity contribution is -0.145. The Kier molecular flexibility index (Phi) is 16.9. The summed E-state index contributed by atoms with van der Waals surface area (Å²) < 4.78 is 36.1. The van der Waals surface area contributed by atoms with Crippen LogP contribution < -0.4 is 23.8 Å². The highest BCUT2D eigenvalue weighted by Gasteiger charge is 2.59. The average Bonchev–Trinajstić information content (AvgIpc) is 3.53. The number of esters is 3. The van der Waals surface area contributed by atoms with Gasteiger partial charge in [0.2, 0.25) is 5.72 Å². The molecule has 11 nitrogen and oxygen atoms in total. The molecule has 1 saturated carbocycles. The molecule has 11 heteroatoms. The van der Waals surface area contributed by atoms with Gasteiger partial charge in [-0.3, -0.25) is 4.99 Å². The topological polar surface area (TPSA) is 122 Å². The minimum atomic E-state index is -0.979. The van der Waals surface area contributed by atoms with Crippen LogP contribution in [0.4, 0.5) is 11.4 Å². The molecule has 0 saturated heterocycles. The van der Waals surface area contributed by atoms with Crippen molar-refractivity contribution >= 4 is 46.3 Å². The zero-order chi connectivity index (χ0) is 50.8. The lowest BCUT2D eigenvalue weighted by Crippen LogP contribution is -2.61. The van der Waals surface area contributed by atoms with E-state index in [0.717, 1.165) is 77.4 Å². The van der Waals surface area contributed by atoms with Crippen LogP contribution in [0.5, 0.6) is 23.0 Å². The van der Waals surface area contributed by atoms with Crippen LogP contribution in [-0.4, -0.2) is 62.8 Å². The van der Waals surface area contributed by atoms with Gasteiger partial charge in [0, 0.05) is 24.2 Å². The van der Waals surface area contributed by atoms with E-state index in [1.54, 1.807) is 18.2 Å². The average molecular weight is 977 g/mol. The Bertz CT molecular complexity index is 2730. The van der Waals surface area contributed by atoms with Crippen molar-refractivity contribution in [1.29, 1.82) is 0 Å². The lowest BCUT2D eigenvalue weighted by atomic mass is 9.75.